The van der Waals surface area contributed by atoms with Crippen molar-refractivity contribution >= 4 is 0 Å². The molecule has 0 spiro atoms. The Hall–Kier alpha value is -1.00. The highest BCUT2D eigenvalue weighted by atomic mass is 15.2. The van der Waals surface area contributed by atoms with Crippen molar-refractivity contribution in [2.75, 3.05) is 0 Å². The molecule has 0 aliphatic carbocycles. The summed E-state index contributed by atoms with van der Waals surface area (Å²) < 4.78 is 0. The molecule has 4 nitrogen and oxygen atoms in total. The standard InChI is InChI=1S/C10H18N4/c1-10(2,3)4-9(14-11)8-5-12-7-13-6-8/h5-7,9,14H,4,11H2,1-3H3. The van der Waals surface area contributed by atoms with Gasteiger partial charge >= 0.3 is 0 Å². The molecule has 0 aliphatic heterocycles. The highest BCUT2D eigenvalue weighted by molar-refractivity contribution is 5.09. The van der Waals surface area contributed by atoms with Gasteiger partial charge in [-0.05, 0) is 11.8 Å². The van der Waals surface area contributed by atoms with E-state index in [4.69, 9.17) is 5.84 Å². The predicted molar refractivity (Wildman–Crippen MR) is 56.2 cm³/mol. The lowest BCUT2D eigenvalue weighted by Gasteiger charge is -2.25. The summed E-state index contributed by atoms with van der Waals surface area (Å²) in [6, 6.07) is 0.121. The number of hydrogen-bond acceptors (Lipinski definition) is 4. The summed E-state index contributed by atoms with van der Waals surface area (Å²) in [5, 5.41) is 0. The van der Waals surface area contributed by atoms with Crippen LogP contribution in [-0.2, 0) is 0 Å². The first-order chi connectivity index (χ1) is 6.53. The van der Waals surface area contributed by atoms with Crippen molar-refractivity contribution in [2.24, 2.45) is 11.3 Å². The van der Waals surface area contributed by atoms with Crippen LogP contribution in [-0.4, -0.2) is 9.97 Å². The molecule has 1 rings (SSSR count). The minimum atomic E-state index is 0.121. The first kappa shape index (κ1) is 11.1. The zero-order chi connectivity index (χ0) is 10.6. The zero-order valence-corrected chi connectivity index (χ0v) is 8.99. The van der Waals surface area contributed by atoms with Crippen LogP contribution in [0.25, 0.3) is 0 Å². The van der Waals surface area contributed by atoms with Crippen molar-refractivity contribution in [3.05, 3.63) is 24.3 Å². The number of rotatable bonds is 3. The summed E-state index contributed by atoms with van der Waals surface area (Å²) in [7, 11) is 0. The van der Waals surface area contributed by atoms with Gasteiger partial charge in [0.05, 0.1) is 0 Å². The van der Waals surface area contributed by atoms with E-state index >= 15 is 0 Å². The van der Waals surface area contributed by atoms with E-state index in [-0.39, 0.29) is 11.5 Å². The summed E-state index contributed by atoms with van der Waals surface area (Å²) in [4.78, 5) is 7.95. The fourth-order valence-corrected chi connectivity index (χ4v) is 1.38. The van der Waals surface area contributed by atoms with E-state index in [0.717, 1.165) is 12.0 Å². The molecule has 0 bridgehead atoms. The number of hydrazine groups is 1. The smallest absolute Gasteiger partial charge is 0.115 e. The van der Waals surface area contributed by atoms with Crippen LogP contribution >= 0.6 is 0 Å². The second-order valence-corrected chi connectivity index (χ2v) is 4.66. The molecule has 3 N–H and O–H groups in total. The molecule has 1 aromatic rings. The van der Waals surface area contributed by atoms with Crippen molar-refractivity contribution in [3.63, 3.8) is 0 Å². The van der Waals surface area contributed by atoms with Gasteiger partial charge < -0.3 is 0 Å². The second kappa shape index (κ2) is 4.48. The molecule has 0 aromatic carbocycles. The van der Waals surface area contributed by atoms with Crippen LogP contribution < -0.4 is 11.3 Å². The minimum Gasteiger partial charge on any atom is -0.271 e. The van der Waals surface area contributed by atoms with Crippen molar-refractivity contribution in [2.45, 2.75) is 33.2 Å². The van der Waals surface area contributed by atoms with Crippen LogP contribution in [0.4, 0.5) is 0 Å². The minimum absolute atomic E-state index is 0.121. The lowest BCUT2D eigenvalue weighted by Crippen LogP contribution is -2.31. The molecule has 0 saturated heterocycles. The Balaban J connectivity index is 2.73. The topological polar surface area (TPSA) is 63.8 Å². The molecule has 0 aliphatic rings. The fraction of sp³-hybridized carbons (Fsp3) is 0.600. The Morgan fingerprint density at radius 3 is 2.36 bits per heavy atom. The maximum Gasteiger partial charge on any atom is 0.115 e. The normalized spacial score (nSPS) is 14.0. The Morgan fingerprint density at radius 2 is 1.93 bits per heavy atom. The summed E-state index contributed by atoms with van der Waals surface area (Å²) in [5.74, 6) is 5.51. The van der Waals surface area contributed by atoms with Gasteiger partial charge in [0, 0.05) is 24.0 Å². The molecule has 1 unspecified atom stereocenters. The van der Waals surface area contributed by atoms with Gasteiger partial charge in [-0.3, -0.25) is 11.3 Å². The third-order valence-corrected chi connectivity index (χ3v) is 2.00. The molecular weight excluding hydrogens is 176 g/mol. The van der Waals surface area contributed by atoms with Crippen LogP contribution in [0.3, 0.4) is 0 Å². The molecule has 1 heterocycles. The molecule has 0 radical (unpaired) electrons. The van der Waals surface area contributed by atoms with E-state index in [1.807, 2.05) is 0 Å². The summed E-state index contributed by atoms with van der Waals surface area (Å²) in [5.41, 5.74) is 4.06. The Kier molecular flexibility index (Phi) is 3.55. The Morgan fingerprint density at radius 1 is 1.36 bits per heavy atom. The number of hydrogen-bond donors (Lipinski definition) is 2. The van der Waals surface area contributed by atoms with E-state index in [2.05, 4.69) is 36.2 Å². The fourth-order valence-electron chi connectivity index (χ4n) is 1.38. The van der Waals surface area contributed by atoms with Crippen molar-refractivity contribution < 1.29 is 0 Å². The average molecular weight is 194 g/mol. The quantitative estimate of drug-likeness (QED) is 0.564. The second-order valence-electron chi connectivity index (χ2n) is 4.66. The number of aromatic nitrogens is 2. The molecule has 0 amide bonds. The van der Waals surface area contributed by atoms with Crippen LogP contribution in [0.1, 0.15) is 38.8 Å². The third kappa shape index (κ3) is 3.40. The van der Waals surface area contributed by atoms with Gasteiger partial charge in [0.1, 0.15) is 6.33 Å². The van der Waals surface area contributed by atoms with Gasteiger partial charge in [-0.15, -0.1) is 0 Å². The van der Waals surface area contributed by atoms with Crippen LogP contribution in [0.5, 0.6) is 0 Å². The predicted octanol–water partition coefficient (Wildman–Crippen LogP) is 1.42. The zero-order valence-electron chi connectivity index (χ0n) is 8.99. The van der Waals surface area contributed by atoms with Gasteiger partial charge in [-0.1, -0.05) is 20.8 Å². The molecule has 78 valence electrons. The van der Waals surface area contributed by atoms with E-state index in [0.29, 0.717) is 0 Å². The van der Waals surface area contributed by atoms with Crippen molar-refractivity contribution in [1.29, 1.82) is 0 Å². The maximum absolute atomic E-state index is 5.51. The largest absolute Gasteiger partial charge is 0.271 e. The summed E-state index contributed by atoms with van der Waals surface area (Å²) in [6.45, 7) is 6.55. The van der Waals surface area contributed by atoms with Crippen LogP contribution in [0.15, 0.2) is 18.7 Å². The molecule has 14 heavy (non-hydrogen) atoms. The van der Waals surface area contributed by atoms with Gasteiger partial charge in [0.25, 0.3) is 0 Å². The molecule has 0 saturated carbocycles. The van der Waals surface area contributed by atoms with Gasteiger partial charge in [0.2, 0.25) is 0 Å². The first-order valence-electron chi connectivity index (χ1n) is 4.74. The average Bonchev–Trinajstić information content (AvgIpc) is 2.14. The molecule has 1 atom stereocenters. The van der Waals surface area contributed by atoms with E-state index in [1.165, 1.54) is 6.33 Å². The third-order valence-electron chi connectivity index (χ3n) is 2.00. The lowest BCUT2D eigenvalue weighted by atomic mass is 9.86. The van der Waals surface area contributed by atoms with Crippen LogP contribution in [0.2, 0.25) is 0 Å². The Bertz CT molecular complexity index is 265. The van der Waals surface area contributed by atoms with E-state index in [1.54, 1.807) is 12.4 Å². The number of nitrogens with two attached hydrogens (primary N) is 1. The summed E-state index contributed by atoms with van der Waals surface area (Å²) in [6.07, 6.45) is 6.07. The van der Waals surface area contributed by atoms with E-state index in [9.17, 15) is 0 Å². The van der Waals surface area contributed by atoms with E-state index < -0.39 is 0 Å². The first-order valence-corrected chi connectivity index (χ1v) is 4.74. The lowest BCUT2D eigenvalue weighted by molar-refractivity contribution is 0.312. The molecule has 1 aromatic heterocycles. The van der Waals surface area contributed by atoms with Crippen molar-refractivity contribution in [1.82, 2.24) is 15.4 Å². The molecular formula is C10H18N4. The highest BCUT2D eigenvalue weighted by Crippen LogP contribution is 2.27. The highest BCUT2D eigenvalue weighted by Gasteiger charge is 2.19. The number of nitrogens with one attached hydrogen (secondary N) is 1. The van der Waals surface area contributed by atoms with Gasteiger partial charge in [-0.2, -0.15) is 0 Å². The van der Waals surface area contributed by atoms with Crippen molar-refractivity contribution in [3.8, 4) is 0 Å². The Labute approximate surface area is 84.9 Å². The van der Waals surface area contributed by atoms with Crippen LogP contribution in [0, 0.1) is 5.41 Å². The number of nitrogens with zero attached hydrogens (tertiary/aromatic N) is 2. The monoisotopic (exact) mass is 194 g/mol. The summed E-state index contributed by atoms with van der Waals surface area (Å²) >= 11 is 0. The maximum atomic E-state index is 5.51. The van der Waals surface area contributed by atoms with Gasteiger partial charge in [-0.25, -0.2) is 9.97 Å². The molecule has 0 fully saturated rings. The van der Waals surface area contributed by atoms with Gasteiger partial charge in [0.15, 0.2) is 0 Å². The molecule has 4 heteroatoms. The SMILES string of the molecule is CC(C)(C)CC(NN)c1cncnc1.